The third-order valence-corrected chi connectivity index (χ3v) is 4.50. The number of nitrogens with one attached hydrogen (secondary N) is 1. The summed E-state index contributed by atoms with van der Waals surface area (Å²) in [4.78, 5) is -0.384. The van der Waals surface area contributed by atoms with Crippen LogP contribution in [-0.4, -0.2) is 23.7 Å². The van der Waals surface area contributed by atoms with Gasteiger partial charge in [0.05, 0.1) is 15.6 Å². The maximum Gasteiger partial charge on any atom is 0.134 e. The van der Waals surface area contributed by atoms with Gasteiger partial charge < -0.3 is 9.94 Å². The quantitative estimate of drug-likeness (QED) is 0.475. The summed E-state index contributed by atoms with van der Waals surface area (Å²) in [6.45, 7) is 2.33. The Hall–Kier alpha value is 0.220. The Morgan fingerprint density at radius 1 is 1.79 bits per heavy atom. The van der Waals surface area contributed by atoms with E-state index in [1.54, 1.807) is 7.11 Å². The lowest BCUT2D eigenvalue weighted by Crippen LogP contribution is -2.25. The molecule has 1 unspecified atom stereocenters. The van der Waals surface area contributed by atoms with Crippen molar-refractivity contribution in [3.8, 4) is 0 Å². The van der Waals surface area contributed by atoms with Gasteiger partial charge in [-0.25, -0.2) is 5.48 Å². The fourth-order valence-corrected chi connectivity index (χ4v) is 2.28. The molecule has 1 atom stereocenters. The van der Waals surface area contributed by atoms with E-state index in [1.165, 1.54) is 0 Å². The van der Waals surface area contributed by atoms with Crippen LogP contribution in [0.1, 0.15) is 13.3 Å². The summed E-state index contributed by atoms with van der Waals surface area (Å²) in [6.07, 6.45) is 2.73. The number of hydrogen-bond acceptors (Lipinski definition) is 3. The van der Waals surface area contributed by atoms with Crippen LogP contribution in [0.2, 0.25) is 0 Å². The lowest BCUT2D eigenvalue weighted by molar-refractivity contribution is 0.173. The summed E-state index contributed by atoms with van der Waals surface area (Å²) in [5.74, 6) is 0.760. The number of alkyl halides is 1. The van der Waals surface area contributed by atoms with Crippen LogP contribution in [0.4, 0.5) is 0 Å². The number of rotatable bonds is 3. The molecule has 0 bridgehead atoms. The second-order valence-corrected chi connectivity index (χ2v) is 5.23. The number of halogens is 2. The average molecular weight is 330 g/mol. The minimum Gasteiger partial charge on any atom is -0.496 e. The average Bonchev–Trinajstić information content (AvgIpc) is 2.13. The molecule has 5 heteroatoms. The highest BCUT2D eigenvalue weighted by atomic mass is 127. The fourth-order valence-electron chi connectivity index (χ4n) is 1.33. The smallest absolute Gasteiger partial charge is 0.134 e. The van der Waals surface area contributed by atoms with E-state index in [2.05, 4.69) is 28.1 Å². The van der Waals surface area contributed by atoms with Gasteiger partial charge in [-0.2, -0.15) is 0 Å². The van der Waals surface area contributed by atoms with Crippen molar-refractivity contribution in [1.82, 2.24) is 5.48 Å². The van der Waals surface area contributed by atoms with E-state index in [0.717, 1.165) is 21.3 Å². The third kappa shape index (κ3) is 2.42. The molecule has 0 radical (unpaired) electrons. The zero-order chi connectivity index (χ0) is 10.8. The van der Waals surface area contributed by atoms with E-state index in [4.69, 9.17) is 21.5 Å². The molecule has 3 nitrogen and oxygen atoms in total. The van der Waals surface area contributed by atoms with Gasteiger partial charge in [0.2, 0.25) is 0 Å². The Bertz CT molecular complexity index is 287. The van der Waals surface area contributed by atoms with E-state index in [-0.39, 0.29) is 4.87 Å². The zero-order valence-corrected chi connectivity index (χ0v) is 11.0. The third-order valence-electron chi connectivity index (χ3n) is 2.15. The molecule has 0 aromatic rings. The van der Waals surface area contributed by atoms with Crippen LogP contribution in [0.5, 0.6) is 0 Å². The Morgan fingerprint density at radius 3 is 2.93 bits per heavy atom. The van der Waals surface area contributed by atoms with Gasteiger partial charge in [-0.05, 0) is 35.9 Å². The summed E-state index contributed by atoms with van der Waals surface area (Å²) in [6, 6.07) is 0. The van der Waals surface area contributed by atoms with Crippen molar-refractivity contribution in [2.45, 2.75) is 18.2 Å². The number of methoxy groups -OCH3 is 1. The highest BCUT2D eigenvalue weighted by molar-refractivity contribution is 14.1. The molecule has 0 saturated heterocycles. The first-order valence-electron chi connectivity index (χ1n) is 4.22. The molecule has 14 heavy (non-hydrogen) atoms. The Morgan fingerprint density at radius 2 is 2.43 bits per heavy atom. The molecule has 1 aliphatic rings. The van der Waals surface area contributed by atoms with Gasteiger partial charge in [0, 0.05) is 12.1 Å². The summed E-state index contributed by atoms with van der Waals surface area (Å²) in [7, 11) is 1.61. The van der Waals surface area contributed by atoms with Gasteiger partial charge in [0.1, 0.15) is 5.76 Å². The van der Waals surface area contributed by atoms with E-state index < -0.39 is 0 Å². The first-order valence-corrected chi connectivity index (χ1v) is 5.68. The maximum atomic E-state index is 8.64. The normalized spacial score (nSPS) is 27.6. The first-order chi connectivity index (χ1) is 6.53. The predicted octanol–water partition coefficient (Wildman–Crippen LogP) is 2.59. The van der Waals surface area contributed by atoms with Crippen molar-refractivity contribution >= 4 is 34.2 Å². The summed E-state index contributed by atoms with van der Waals surface area (Å²) in [5, 5.41) is 8.64. The van der Waals surface area contributed by atoms with Crippen molar-refractivity contribution in [1.29, 1.82) is 0 Å². The Labute approximate surface area is 102 Å². The second kappa shape index (κ2) is 4.83. The predicted molar refractivity (Wildman–Crippen MR) is 64.8 cm³/mol. The van der Waals surface area contributed by atoms with Gasteiger partial charge in [-0.15, -0.1) is 11.6 Å². The van der Waals surface area contributed by atoms with Crippen molar-refractivity contribution in [3.63, 3.8) is 0 Å². The number of ether oxygens (including phenoxy) is 1. The van der Waals surface area contributed by atoms with Crippen LogP contribution < -0.4 is 5.48 Å². The fraction of sp³-hybridized carbons (Fsp3) is 0.556. The molecule has 2 N–H and O–H groups in total. The van der Waals surface area contributed by atoms with Crippen LogP contribution in [-0.2, 0) is 4.74 Å². The highest BCUT2D eigenvalue weighted by Gasteiger charge is 2.32. The zero-order valence-electron chi connectivity index (χ0n) is 8.10. The molecule has 0 fully saturated rings. The van der Waals surface area contributed by atoms with Crippen molar-refractivity contribution in [2.24, 2.45) is 0 Å². The molecule has 0 saturated carbocycles. The Balaban J connectivity index is 3.00. The van der Waals surface area contributed by atoms with Gasteiger partial charge >= 0.3 is 0 Å². The first kappa shape index (κ1) is 12.3. The highest BCUT2D eigenvalue weighted by Crippen LogP contribution is 2.41. The lowest BCUT2D eigenvalue weighted by atomic mass is 9.96. The summed E-state index contributed by atoms with van der Waals surface area (Å²) >= 11 is 8.48. The second-order valence-electron chi connectivity index (χ2n) is 3.31. The molecule has 0 aromatic heterocycles. The van der Waals surface area contributed by atoms with Crippen LogP contribution in [0.25, 0.3) is 0 Å². The molecule has 0 aromatic carbocycles. The van der Waals surface area contributed by atoms with Gasteiger partial charge in [0.15, 0.2) is 0 Å². The standard InChI is InChI=1S/C9H13ClINO2/c1-9(10)4-3-6(5-12-13)7(14-2)8(9)11/h3,12-13H,4-5H2,1-2H3. The molecule has 80 valence electrons. The van der Waals surface area contributed by atoms with Crippen LogP contribution in [0.3, 0.4) is 0 Å². The Kier molecular flexibility index (Phi) is 4.24. The van der Waals surface area contributed by atoms with E-state index >= 15 is 0 Å². The number of hydroxylamine groups is 1. The van der Waals surface area contributed by atoms with Gasteiger partial charge in [0.25, 0.3) is 0 Å². The van der Waals surface area contributed by atoms with E-state index in [1.807, 2.05) is 13.0 Å². The molecule has 0 heterocycles. The van der Waals surface area contributed by atoms with Crippen molar-refractivity contribution in [2.75, 3.05) is 13.7 Å². The van der Waals surface area contributed by atoms with E-state index in [0.29, 0.717) is 6.54 Å². The molecule has 1 aliphatic carbocycles. The van der Waals surface area contributed by atoms with Crippen molar-refractivity contribution < 1.29 is 9.94 Å². The minimum atomic E-state index is -0.384. The van der Waals surface area contributed by atoms with Gasteiger partial charge in [-0.1, -0.05) is 6.08 Å². The molecular formula is C9H13ClINO2. The van der Waals surface area contributed by atoms with E-state index in [9.17, 15) is 0 Å². The monoisotopic (exact) mass is 329 g/mol. The van der Waals surface area contributed by atoms with Crippen LogP contribution >= 0.6 is 34.2 Å². The number of hydrogen-bond donors (Lipinski definition) is 2. The van der Waals surface area contributed by atoms with Crippen molar-refractivity contribution in [3.05, 3.63) is 21.0 Å². The topological polar surface area (TPSA) is 41.5 Å². The maximum absolute atomic E-state index is 8.64. The minimum absolute atomic E-state index is 0.378. The molecular weight excluding hydrogens is 316 g/mol. The SMILES string of the molecule is COC1=C(I)C(C)(Cl)CC=C1CNO. The largest absolute Gasteiger partial charge is 0.496 e. The molecule has 0 amide bonds. The van der Waals surface area contributed by atoms with Crippen LogP contribution in [0.15, 0.2) is 21.0 Å². The lowest BCUT2D eigenvalue weighted by Gasteiger charge is -2.28. The molecule has 1 rings (SSSR count). The van der Waals surface area contributed by atoms with Crippen LogP contribution in [0, 0.1) is 0 Å². The molecule has 0 spiro atoms. The summed E-state index contributed by atoms with van der Waals surface area (Å²) < 4.78 is 6.25. The van der Waals surface area contributed by atoms with Gasteiger partial charge in [-0.3, -0.25) is 0 Å². The summed E-state index contributed by atoms with van der Waals surface area (Å²) in [5.41, 5.74) is 3.06. The number of allylic oxidation sites excluding steroid dienone is 2. The molecule has 0 aliphatic heterocycles.